The van der Waals surface area contributed by atoms with Gasteiger partial charge < -0.3 is 15.1 Å². The van der Waals surface area contributed by atoms with Gasteiger partial charge in [-0.1, -0.05) is 12.1 Å². The molecule has 170 valence electrons. The van der Waals surface area contributed by atoms with Crippen molar-refractivity contribution in [1.82, 2.24) is 5.32 Å². The number of aliphatic imine (C=N–C) groups is 2. The summed E-state index contributed by atoms with van der Waals surface area (Å²) in [6, 6.07) is 14.9. The summed E-state index contributed by atoms with van der Waals surface area (Å²) in [4.78, 5) is 33.4. The predicted octanol–water partition coefficient (Wildman–Crippen LogP) is 4.22. The van der Waals surface area contributed by atoms with Crippen molar-refractivity contribution in [3.8, 4) is 11.3 Å². The van der Waals surface area contributed by atoms with Gasteiger partial charge in [-0.05, 0) is 55.5 Å². The highest BCUT2D eigenvalue weighted by Crippen LogP contribution is 2.34. The van der Waals surface area contributed by atoms with E-state index in [1.807, 2.05) is 6.92 Å². The standard InChI is InChI=1S/C26H21FN4O3/c1-15-12-29-19(13-28-15)14-30-25(32)17-4-2-16(3-5-17)24-9-7-20(34-24)11-22-21-10-18(27)6-8-23(21)31-26(22)33/h2-11,13,15H,12,14H2,1H3,(H,30,32)(H,31,33)/b22-11+. The number of nitrogens with zero attached hydrogens (tertiary/aromatic N) is 2. The van der Waals surface area contributed by atoms with Crippen molar-refractivity contribution < 1.29 is 18.4 Å². The number of anilines is 1. The molecule has 2 N–H and O–H groups in total. The molecule has 0 fully saturated rings. The largest absolute Gasteiger partial charge is 0.457 e. The molecule has 1 atom stereocenters. The topological polar surface area (TPSA) is 96.1 Å². The predicted molar refractivity (Wildman–Crippen MR) is 130 cm³/mol. The molecule has 2 amide bonds. The van der Waals surface area contributed by atoms with E-state index in [2.05, 4.69) is 20.6 Å². The fourth-order valence-electron chi connectivity index (χ4n) is 3.74. The average molecular weight is 456 g/mol. The third-order valence-electron chi connectivity index (χ3n) is 5.58. The Morgan fingerprint density at radius 3 is 2.79 bits per heavy atom. The van der Waals surface area contributed by atoms with Gasteiger partial charge in [0, 0.05) is 28.6 Å². The van der Waals surface area contributed by atoms with Crippen LogP contribution < -0.4 is 10.6 Å². The molecule has 3 aromatic rings. The maximum Gasteiger partial charge on any atom is 0.256 e. The first-order valence-electron chi connectivity index (χ1n) is 10.8. The molecular formula is C26H21FN4O3. The minimum Gasteiger partial charge on any atom is -0.457 e. The summed E-state index contributed by atoms with van der Waals surface area (Å²) in [5.74, 6) is 0.111. The van der Waals surface area contributed by atoms with E-state index in [4.69, 9.17) is 4.42 Å². The van der Waals surface area contributed by atoms with Crippen LogP contribution in [0, 0.1) is 5.82 Å². The van der Waals surface area contributed by atoms with Gasteiger partial charge in [-0.25, -0.2) is 4.39 Å². The Labute approximate surface area is 195 Å². The molecule has 2 aliphatic rings. The van der Waals surface area contributed by atoms with Crippen LogP contribution in [-0.4, -0.2) is 42.9 Å². The van der Waals surface area contributed by atoms with Crippen molar-refractivity contribution in [2.24, 2.45) is 9.98 Å². The smallest absolute Gasteiger partial charge is 0.256 e. The second-order valence-electron chi connectivity index (χ2n) is 8.12. The monoisotopic (exact) mass is 456 g/mol. The van der Waals surface area contributed by atoms with Crippen molar-refractivity contribution in [2.45, 2.75) is 13.0 Å². The number of rotatable bonds is 5. The van der Waals surface area contributed by atoms with Gasteiger partial charge in [-0.3, -0.25) is 19.6 Å². The molecule has 34 heavy (non-hydrogen) atoms. The lowest BCUT2D eigenvalue weighted by Crippen LogP contribution is -2.32. The summed E-state index contributed by atoms with van der Waals surface area (Å²) >= 11 is 0. The summed E-state index contributed by atoms with van der Waals surface area (Å²) in [5, 5.41) is 5.56. The summed E-state index contributed by atoms with van der Waals surface area (Å²) < 4.78 is 19.5. The van der Waals surface area contributed by atoms with Gasteiger partial charge in [0.25, 0.3) is 11.8 Å². The van der Waals surface area contributed by atoms with E-state index in [-0.39, 0.29) is 17.9 Å². The number of halogens is 1. The van der Waals surface area contributed by atoms with Crippen molar-refractivity contribution in [2.75, 3.05) is 18.4 Å². The van der Waals surface area contributed by atoms with Gasteiger partial charge in [0.2, 0.25) is 0 Å². The average Bonchev–Trinajstić information content (AvgIpc) is 3.43. The minimum absolute atomic E-state index is 0.180. The SMILES string of the molecule is CC1CN=C(CNC(=O)c2ccc(-c3ccc(/C=C4/C(=O)Nc5ccc(F)cc54)o3)cc2)C=N1. The number of fused-ring (bicyclic) bond motifs is 1. The lowest BCUT2D eigenvalue weighted by molar-refractivity contribution is -0.110. The van der Waals surface area contributed by atoms with Gasteiger partial charge in [-0.2, -0.15) is 0 Å². The van der Waals surface area contributed by atoms with E-state index < -0.39 is 5.82 Å². The van der Waals surface area contributed by atoms with E-state index in [1.54, 1.807) is 48.7 Å². The lowest BCUT2D eigenvalue weighted by atomic mass is 10.1. The number of carbonyl (C=O) groups is 2. The van der Waals surface area contributed by atoms with E-state index in [0.717, 1.165) is 11.3 Å². The van der Waals surface area contributed by atoms with E-state index in [1.165, 1.54) is 18.2 Å². The van der Waals surface area contributed by atoms with Crippen LogP contribution in [0.2, 0.25) is 0 Å². The first kappa shape index (κ1) is 21.5. The van der Waals surface area contributed by atoms with E-state index in [9.17, 15) is 14.0 Å². The lowest BCUT2D eigenvalue weighted by Gasteiger charge is -2.11. The molecular weight excluding hydrogens is 435 g/mol. The van der Waals surface area contributed by atoms with Crippen LogP contribution >= 0.6 is 0 Å². The van der Waals surface area contributed by atoms with Crippen LogP contribution in [0.1, 0.15) is 28.6 Å². The maximum atomic E-state index is 13.6. The minimum atomic E-state index is -0.417. The normalized spacial score (nSPS) is 17.9. The first-order chi connectivity index (χ1) is 16.5. The van der Waals surface area contributed by atoms with Crippen LogP contribution in [0.3, 0.4) is 0 Å². The highest BCUT2D eigenvalue weighted by molar-refractivity contribution is 6.34. The van der Waals surface area contributed by atoms with Crippen LogP contribution in [0.4, 0.5) is 10.1 Å². The van der Waals surface area contributed by atoms with Crippen LogP contribution in [0.15, 0.2) is 69.0 Å². The molecule has 0 bridgehead atoms. The number of hydrogen-bond acceptors (Lipinski definition) is 5. The maximum absolute atomic E-state index is 13.6. The Hall–Kier alpha value is -4.33. The van der Waals surface area contributed by atoms with E-state index >= 15 is 0 Å². The zero-order valence-electron chi connectivity index (χ0n) is 18.3. The summed E-state index contributed by atoms with van der Waals surface area (Å²) in [6.07, 6.45) is 3.29. The molecule has 7 nitrogen and oxygen atoms in total. The second kappa shape index (κ2) is 8.90. The zero-order valence-corrected chi connectivity index (χ0v) is 18.3. The van der Waals surface area contributed by atoms with Crippen molar-refractivity contribution >= 4 is 41.1 Å². The van der Waals surface area contributed by atoms with Crippen LogP contribution in [0.5, 0.6) is 0 Å². The quantitative estimate of drug-likeness (QED) is 0.563. The van der Waals surface area contributed by atoms with Gasteiger partial charge in [0.1, 0.15) is 17.3 Å². The molecule has 0 radical (unpaired) electrons. The van der Waals surface area contributed by atoms with Gasteiger partial charge in [0.05, 0.1) is 30.4 Å². The number of benzene rings is 2. The molecule has 2 aromatic carbocycles. The van der Waals surface area contributed by atoms with Crippen molar-refractivity contribution in [3.05, 3.63) is 77.3 Å². The van der Waals surface area contributed by atoms with Crippen LogP contribution in [-0.2, 0) is 4.79 Å². The Balaban J connectivity index is 1.27. The fourth-order valence-corrected chi connectivity index (χ4v) is 3.74. The fraction of sp³-hybridized carbons (Fsp3) is 0.154. The number of nitrogens with one attached hydrogen (secondary N) is 2. The number of amides is 2. The van der Waals surface area contributed by atoms with Gasteiger partial charge >= 0.3 is 0 Å². The molecule has 2 aliphatic heterocycles. The third kappa shape index (κ3) is 4.43. The van der Waals surface area contributed by atoms with Crippen LogP contribution in [0.25, 0.3) is 23.0 Å². The van der Waals surface area contributed by atoms with Gasteiger partial charge in [-0.15, -0.1) is 0 Å². The molecule has 0 saturated heterocycles. The Bertz CT molecular complexity index is 1370. The third-order valence-corrected chi connectivity index (χ3v) is 5.58. The first-order valence-corrected chi connectivity index (χ1v) is 10.8. The molecule has 3 heterocycles. The molecule has 1 unspecified atom stereocenters. The second-order valence-corrected chi connectivity index (χ2v) is 8.12. The highest BCUT2D eigenvalue weighted by atomic mass is 19.1. The summed E-state index contributed by atoms with van der Waals surface area (Å²) in [7, 11) is 0. The Kier molecular flexibility index (Phi) is 5.63. The number of furan rings is 1. The number of hydrogen-bond donors (Lipinski definition) is 2. The highest BCUT2D eigenvalue weighted by Gasteiger charge is 2.25. The summed E-state index contributed by atoms with van der Waals surface area (Å²) in [6.45, 7) is 2.95. The number of carbonyl (C=O) groups excluding carboxylic acids is 2. The molecule has 0 spiro atoms. The molecule has 0 saturated carbocycles. The zero-order chi connectivity index (χ0) is 23.7. The Morgan fingerprint density at radius 1 is 1.21 bits per heavy atom. The Morgan fingerprint density at radius 2 is 2.03 bits per heavy atom. The molecule has 0 aliphatic carbocycles. The molecule has 5 rings (SSSR count). The van der Waals surface area contributed by atoms with Crippen molar-refractivity contribution in [1.29, 1.82) is 0 Å². The van der Waals surface area contributed by atoms with Gasteiger partial charge in [0.15, 0.2) is 0 Å². The molecule has 8 heteroatoms. The van der Waals surface area contributed by atoms with E-state index in [0.29, 0.717) is 47.0 Å². The summed E-state index contributed by atoms with van der Waals surface area (Å²) in [5.41, 5.74) is 3.45. The van der Waals surface area contributed by atoms with Crippen molar-refractivity contribution in [3.63, 3.8) is 0 Å². The molecule has 1 aromatic heterocycles.